The minimum absolute atomic E-state index is 0.0440. The number of benzene rings is 1. The van der Waals surface area contributed by atoms with Gasteiger partial charge in [-0.15, -0.1) is 0 Å². The molecule has 1 heterocycles. The largest absolute Gasteiger partial charge is 0.508 e. The highest BCUT2D eigenvalue weighted by Crippen LogP contribution is 2.72. The molecule has 0 radical (unpaired) electrons. The lowest BCUT2D eigenvalue weighted by Crippen LogP contribution is -2.46. The molecule has 5 heteroatoms. The Kier molecular flexibility index (Phi) is 2.23. The van der Waals surface area contributed by atoms with Crippen molar-refractivity contribution >= 4 is 23.2 Å². The van der Waals surface area contributed by atoms with Gasteiger partial charge in [0.15, 0.2) is 11.6 Å². The van der Waals surface area contributed by atoms with E-state index in [4.69, 9.17) is 0 Å². The van der Waals surface area contributed by atoms with Crippen LogP contribution in [0.4, 0.5) is 5.69 Å². The van der Waals surface area contributed by atoms with Crippen molar-refractivity contribution in [2.75, 3.05) is 11.4 Å². The number of ketones is 2. The Morgan fingerprint density at radius 3 is 2.60 bits per heavy atom. The van der Waals surface area contributed by atoms with Gasteiger partial charge in [-0.3, -0.25) is 14.4 Å². The Labute approximate surface area is 144 Å². The van der Waals surface area contributed by atoms with Crippen molar-refractivity contribution < 1.29 is 19.5 Å². The Morgan fingerprint density at radius 1 is 1.08 bits per heavy atom. The van der Waals surface area contributed by atoms with Crippen LogP contribution in [-0.4, -0.2) is 29.1 Å². The third kappa shape index (κ3) is 1.27. The van der Waals surface area contributed by atoms with E-state index in [0.717, 1.165) is 17.7 Å². The number of hydrogen-bond donors (Lipinski definition) is 1. The molecule has 5 aliphatic rings. The highest BCUT2D eigenvalue weighted by Gasteiger charge is 2.81. The number of aromatic hydroxyl groups is 1. The van der Waals surface area contributed by atoms with Crippen molar-refractivity contribution in [3.05, 3.63) is 35.9 Å². The van der Waals surface area contributed by atoms with Crippen LogP contribution >= 0.6 is 0 Å². The van der Waals surface area contributed by atoms with E-state index in [0.29, 0.717) is 13.0 Å². The molecule has 1 spiro atoms. The zero-order valence-corrected chi connectivity index (χ0v) is 13.5. The summed E-state index contributed by atoms with van der Waals surface area (Å²) in [6.45, 7) is 0.498. The van der Waals surface area contributed by atoms with Gasteiger partial charge in [-0.05, 0) is 60.4 Å². The smallest absolute Gasteiger partial charge is 0.231 e. The second kappa shape index (κ2) is 4.03. The van der Waals surface area contributed by atoms with E-state index in [2.05, 4.69) is 0 Å². The maximum absolute atomic E-state index is 13.3. The second-order valence-electron chi connectivity index (χ2n) is 8.13. The van der Waals surface area contributed by atoms with Crippen LogP contribution in [0.15, 0.2) is 35.9 Å². The molecule has 25 heavy (non-hydrogen) atoms. The number of fused-ring (bicyclic) bond motifs is 5. The van der Waals surface area contributed by atoms with Crippen molar-refractivity contribution in [3.8, 4) is 5.75 Å². The number of amides is 1. The van der Waals surface area contributed by atoms with Crippen LogP contribution in [0, 0.1) is 35.0 Å². The van der Waals surface area contributed by atoms with Gasteiger partial charge < -0.3 is 10.0 Å². The fraction of sp³-hybridized carbons (Fsp3) is 0.450. The molecule has 4 fully saturated rings. The molecule has 6 rings (SSSR count). The monoisotopic (exact) mass is 335 g/mol. The zero-order valence-electron chi connectivity index (χ0n) is 13.5. The Morgan fingerprint density at radius 2 is 1.84 bits per heavy atom. The minimum Gasteiger partial charge on any atom is -0.508 e. The number of anilines is 1. The number of phenols is 1. The molecule has 126 valence electrons. The van der Waals surface area contributed by atoms with Crippen molar-refractivity contribution in [1.29, 1.82) is 0 Å². The summed E-state index contributed by atoms with van der Waals surface area (Å²) in [6, 6.07) is 6.56. The molecule has 1 aromatic rings. The molecule has 4 bridgehead atoms. The van der Waals surface area contributed by atoms with Crippen molar-refractivity contribution in [1.82, 2.24) is 0 Å². The topological polar surface area (TPSA) is 74.7 Å². The molecule has 1 amide bonds. The number of carbonyl (C=O) groups excluding carboxylic acids is 3. The zero-order chi connectivity index (χ0) is 17.1. The van der Waals surface area contributed by atoms with E-state index in [-0.39, 0.29) is 46.9 Å². The van der Waals surface area contributed by atoms with Gasteiger partial charge in [0.2, 0.25) is 5.91 Å². The van der Waals surface area contributed by atoms with Crippen LogP contribution in [-0.2, 0) is 14.4 Å². The average molecular weight is 335 g/mol. The number of rotatable bonds is 1. The molecule has 1 aliphatic heterocycles. The molecule has 1 aromatic carbocycles. The number of nitrogens with zero attached hydrogens (tertiary/aromatic N) is 1. The SMILES string of the molecule is O=C1C2C(CN1c1ccc(O)cc1)C1C(=O)C23C(=O)C2=CCC1C3C2. The van der Waals surface area contributed by atoms with Crippen LogP contribution in [0.25, 0.3) is 0 Å². The first kappa shape index (κ1) is 13.8. The van der Waals surface area contributed by atoms with Gasteiger partial charge in [0.1, 0.15) is 11.2 Å². The van der Waals surface area contributed by atoms with Crippen molar-refractivity contribution in [2.24, 2.45) is 35.0 Å². The van der Waals surface area contributed by atoms with E-state index in [1.807, 2.05) is 6.08 Å². The summed E-state index contributed by atoms with van der Waals surface area (Å²) < 4.78 is 0. The molecule has 0 aromatic heterocycles. The summed E-state index contributed by atoms with van der Waals surface area (Å²) in [5.74, 6) is -0.347. The first-order valence-electron chi connectivity index (χ1n) is 8.93. The summed E-state index contributed by atoms with van der Waals surface area (Å²) in [5.41, 5.74) is 0.446. The fourth-order valence-corrected chi connectivity index (χ4v) is 6.71. The van der Waals surface area contributed by atoms with Crippen LogP contribution in [0.1, 0.15) is 12.8 Å². The Balaban J connectivity index is 1.49. The summed E-state index contributed by atoms with van der Waals surface area (Å²) in [6.07, 6.45) is 3.51. The fourth-order valence-electron chi connectivity index (χ4n) is 6.71. The molecule has 5 nitrogen and oxygen atoms in total. The van der Waals surface area contributed by atoms with Crippen LogP contribution in [0.2, 0.25) is 0 Å². The average Bonchev–Trinajstić information content (AvgIpc) is 3.24. The molecule has 6 unspecified atom stereocenters. The Hall–Kier alpha value is -2.43. The van der Waals surface area contributed by atoms with Crippen LogP contribution < -0.4 is 4.90 Å². The van der Waals surface area contributed by atoms with Crippen LogP contribution in [0.3, 0.4) is 0 Å². The number of hydrogen-bond acceptors (Lipinski definition) is 4. The molecular weight excluding hydrogens is 318 g/mol. The first-order valence-corrected chi connectivity index (χ1v) is 8.93. The molecule has 3 saturated carbocycles. The summed E-state index contributed by atoms with van der Waals surface area (Å²) in [5, 5.41) is 9.48. The van der Waals surface area contributed by atoms with E-state index in [9.17, 15) is 19.5 Å². The second-order valence-corrected chi connectivity index (χ2v) is 8.13. The van der Waals surface area contributed by atoms with E-state index >= 15 is 0 Å². The lowest BCUT2D eigenvalue weighted by Gasteiger charge is -2.37. The molecule has 1 N–H and O–H groups in total. The molecule has 6 atom stereocenters. The summed E-state index contributed by atoms with van der Waals surface area (Å²) >= 11 is 0. The number of allylic oxidation sites excluding steroid dienone is 2. The van der Waals surface area contributed by atoms with E-state index in [1.54, 1.807) is 29.2 Å². The highest BCUT2D eigenvalue weighted by atomic mass is 16.3. The Bertz CT molecular complexity index is 901. The maximum atomic E-state index is 13.3. The van der Waals surface area contributed by atoms with Gasteiger partial charge in [0.25, 0.3) is 0 Å². The predicted molar refractivity (Wildman–Crippen MR) is 87.7 cm³/mol. The van der Waals surface area contributed by atoms with Gasteiger partial charge in [0, 0.05) is 18.2 Å². The molecule has 1 saturated heterocycles. The maximum Gasteiger partial charge on any atom is 0.231 e. The quantitative estimate of drug-likeness (QED) is 0.793. The minimum atomic E-state index is -1.06. The first-order chi connectivity index (χ1) is 12.0. The third-order valence-corrected chi connectivity index (χ3v) is 7.48. The number of Topliss-reactive ketones (excluding diaryl/α,β-unsaturated/α-hetero) is 2. The van der Waals surface area contributed by atoms with Gasteiger partial charge in [0.05, 0.1) is 5.92 Å². The number of carbonyl (C=O) groups is 3. The third-order valence-electron chi connectivity index (χ3n) is 7.48. The highest BCUT2D eigenvalue weighted by molar-refractivity contribution is 6.24. The van der Waals surface area contributed by atoms with E-state index in [1.165, 1.54) is 0 Å². The number of phenolic OH excluding ortho intramolecular Hbond substituents is 1. The van der Waals surface area contributed by atoms with Gasteiger partial charge in [-0.25, -0.2) is 0 Å². The van der Waals surface area contributed by atoms with Gasteiger partial charge in [-0.2, -0.15) is 0 Å². The predicted octanol–water partition coefficient (Wildman–Crippen LogP) is 1.71. The van der Waals surface area contributed by atoms with Crippen LogP contribution in [0.5, 0.6) is 5.75 Å². The lowest BCUT2D eigenvalue weighted by atomic mass is 9.62. The van der Waals surface area contributed by atoms with E-state index < -0.39 is 11.3 Å². The van der Waals surface area contributed by atoms with Crippen molar-refractivity contribution in [2.45, 2.75) is 12.8 Å². The van der Waals surface area contributed by atoms with Gasteiger partial charge in [-0.1, -0.05) is 6.08 Å². The van der Waals surface area contributed by atoms with Crippen molar-refractivity contribution in [3.63, 3.8) is 0 Å². The molecular formula is C20H17NO4. The lowest BCUT2D eigenvalue weighted by molar-refractivity contribution is -0.143. The summed E-state index contributed by atoms with van der Waals surface area (Å²) in [7, 11) is 0. The summed E-state index contributed by atoms with van der Waals surface area (Å²) in [4.78, 5) is 41.3. The normalized spacial score (nSPS) is 43.0. The standard InChI is InChI=1S/C20H17NO4/c22-11-4-2-10(3-5-11)21-8-13-15-12-6-1-9-7-14(12)20(17(9)23,18(15)24)16(13)19(21)25/h1-5,12-16,22H,6-8H2. The van der Waals surface area contributed by atoms with Gasteiger partial charge >= 0.3 is 0 Å². The molecule has 4 aliphatic carbocycles.